The van der Waals surface area contributed by atoms with Crippen molar-refractivity contribution in [3.8, 4) is 0 Å². The fraction of sp³-hybridized carbons (Fsp3) is 0.636. The molecule has 0 fully saturated rings. The molecule has 0 aliphatic carbocycles. The maximum atomic E-state index is 12.6. The molecule has 10 nitrogen and oxygen atoms in total. The van der Waals surface area contributed by atoms with Gasteiger partial charge in [0.15, 0.2) is 6.10 Å². The van der Waals surface area contributed by atoms with Crippen LogP contribution in [-0.2, 0) is 32.7 Å². The smallest absolute Gasteiger partial charge is 0.462 e. The first-order valence-electron chi connectivity index (χ1n) is 20.5. The standard InChI is InChI=1S/C44H73O10P/c1-3-5-7-9-11-13-15-17-19-20-22-23-25-27-29-31-33-35-43(47)51-39-42(40-53-55(49,50)52-38-41(46)37-45)54-44(48)36-34-32-30-28-26-24-21-18-16-14-12-10-8-6-4-2/h6-9,12-15,18-21,23,25,41-42,45-46H,3-5,10-11,16-17,22,24,26-40H2,1-2H3,(H,49,50)/b8-6+,9-7+,14-12+,15-13+,20-19+,21-18+,25-23+/t41-,42+/m0/s1. The van der Waals surface area contributed by atoms with Crippen LogP contribution in [0, 0.1) is 0 Å². The average molecular weight is 793 g/mol. The lowest BCUT2D eigenvalue weighted by Gasteiger charge is -2.20. The summed E-state index contributed by atoms with van der Waals surface area (Å²) in [5.41, 5.74) is 0. The van der Waals surface area contributed by atoms with Crippen LogP contribution in [0.2, 0.25) is 0 Å². The summed E-state index contributed by atoms with van der Waals surface area (Å²) in [5, 5.41) is 18.3. The Morgan fingerprint density at radius 1 is 0.564 bits per heavy atom. The van der Waals surface area contributed by atoms with Gasteiger partial charge in [-0.15, -0.1) is 0 Å². The molecule has 0 aromatic rings. The summed E-state index contributed by atoms with van der Waals surface area (Å²) < 4.78 is 32.6. The molecule has 0 amide bonds. The van der Waals surface area contributed by atoms with Crippen LogP contribution in [0.5, 0.6) is 0 Å². The van der Waals surface area contributed by atoms with Crippen molar-refractivity contribution in [1.82, 2.24) is 0 Å². The third-order valence-corrected chi connectivity index (χ3v) is 8.97. The predicted molar refractivity (Wildman–Crippen MR) is 223 cm³/mol. The summed E-state index contributed by atoms with van der Waals surface area (Å²) in [4.78, 5) is 34.9. The monoisotopic (exact) mass is 792 g/mol. The largest absolute Gasteiger partial charge is 0.472 e. The fourth-order valence-corrected chi connectivity index (χ4v) is 5.67. The Morgan fingerprint density at radius 2 is 1.00 bits per heavy atom. The van der Waals surface area contributed by atoms with Crippen LogP contribution in [0.3, 0.4) is 0 Å². The molecule has 0 aliphatic rings. The molecular formula is C44H73O10P. The summed E-state index contributed by atoms with van der Waals surface area (Å²) in [7, 11) is -4.63. The van der Waals surface area contributed by atoms with Crippen molar-refractivity contribution < 1.29 is 47.8 Å². The number of aliphatic hydroxyl groups excluding tert-OH is 2. The molecule has 0 heterocycles. The zero-order valence-electron chi connectivity index (χ0n) is 33.9. The zero-order valence-corrected chi connectivity index (χ0v) is 34.7. The van der Waals surface area contributed by atoms with Crippen molar-refractivity contribution in [2.45, 2.75) is 154 Å². The molecule has 0 saturated carbocycles. The third-order valence-electron chi connectivity index (χ3n) is 8.01. The van der Waals surface area contributed by atoms with E-state index in [4.69, 9.17) is 19.1 Å². The van der Waals surface area contributed by atoms with Crippen molar-refractivity contribution in [1.29, 1.82) is 0 Å². The van der Waals surface area contributed by atoms with Gasteiger partial charge in [0.2, 0.25) is 0 Å². The van der Waals surface area contributed by atoms with E-state index in [1.165, 1.54) is 6.42 Å². The topological polar surface area (TPSA) is 149 Å². The highest BCUT2D eigenvalue weighted by molar-refractivity contribution is 7.47. The van der Waals surface area contributed by atoms with Gasteiger partial charge in [0, 0.05) is 12.8 Å². The molecule has 11 heteroatoms. The number of aliphatic hydroxyl groups is 2. The third kappa shape index (κ3) is 39.2. The second-order valence-corrected chi connectivity index (χ2v) is 14.7. The minimum Gasteiger partial charge on any atom is -0.462 e. The Balaban J connectivity index is 4.43. The Kier molecular flexibility index (Phi) is 37.3. The van der Waals surface area contributed by atoms with E-state index in [0.717, 1.165) is 96.3 Å². The number of allylic oxidation sites excluding steroid dienone is 14. The Labute approximate surface area is 332 Å². The molecule has 0 radical (unpaired) electrons. The van der Waals surface area contributed by atoms with E-state index in [1.807, 2.05) is 0 Å². The van der Waals surface area contributed by atoms with Gasteiger partial charge in [-0.2, -0.15) is 0 Å². The minimum atomic E-state index is -4.63. The number of unbranched alkanes of at least 4 members (excludes halogenated alkanes) is 9. The number of ether oxygens (including phenoxy) is 2. The molecule has 0 aromatic heterocycles. The van der Waals surface area contributed by atoms with E-state index >= 15 is 0 Å². The number of rotatable bonds is 37. The van der Waals surface area contributed by atoms with Crippen LogP contribution in [-0.4, -0.2) is 65.7 Å². The van der Waals surface area contributed by atoms with Gasteiger partial charge in [0.1, 0.15) is 12.7 Å². The first-order valence-corrected chi connectivity index (χ1v) is 22.0. The lowest BCUT2D eigenvalue weighted by atomic mass is 10.1. The number of carbonyl (C=O) groups excluding carboxylic acids is 2. The number of hydrogen-bond acceptors (Lipinski definition) is 9. The van der Waals surface area contributed by atoms with Gasteiger partial charge < -0.3 is 24.6 Å². The Bertz CT molecular complexity index is 1190. The molecule has 0 rings (SSSR count). The quantitative estimate of drug-likeness (QED) is 0.0240. The highest BCUT2D eigenvalue weighted by atomic mass is 31.2. The van der Waals surface area contributed by atoms with Gasteiger partial charge in [-0.25, -0.2) is 4.57 Å². The minimum absolute atomic E-state index is 0.152. The van der Waals surface area contributed by atoms with Crippen molar-refractivity contribution in [3.63, 3.8) is 0 Å². The van der Waals surface area contributed by atoms with Crippen molar-refractivity contribution in [3.05, 3.63) is 85.1 Å². The summed E-state index contributed by atoms with van der Waals surface area (Å²) in [5.74, 6) is -0.991. The number of esters is 2. The van der Waals surface area contributed by atoms with Gasteiger partial charge >= 0.3 is 19.8 Å². The molecule has 0 bridgehead atoms. The first kappa shape index (κ1) is 52.2. The van der Waals surface area contributed by atoms with Crippen LogP contribution in [0.1, 0.15) is 142 Å². The van der Waals surface area contributed by atoms with Crippen molar-refractivity contribution in [2.75, 3.05) is 26.4 Å². The maximum absolute atomic E-state index is 12.6. The van der Waals surface area contributed by atoms with Gasteiger partial charge in [-0.05, 0) is 83.5 Å². The SMILES string of the molecule is CC/C=C/C/C=C/C/C=C/CCCCCCCC(=O)O[C@H](COC(=O)CCCCC/C=C/C/C=C/C/C=C/C/C=C/CCC)COP(=O)(O)OC[C@@H](O)CO. The molecule has 1 unspecified atom stereocenters. The van der Waals surface area contributed by atoms with Gasteiger partial charge in [-0.1, -0.05) is 131 Å². The van der Waals surface area contributed by atoms with Crippen LogP contribution in [0.4, 0.5) is 0 Å². The van der Waals surface area contributed by atoms with Gasteiger partial charge in [0.05, 0.1) is 19.8 Å². The van der Waals surface area contributed by atoms with E-state index in [-0.39, 0.29) is 19.4 Å². The second kappa shape index (κ2) is 39.4. The molecule has 0 spiro atoms. The van der Waals surface area contributed by atoms with Crippen LogP contribution < -0.4 is 0 Å². The maximum Gasteiger partial charge on any atom is 0.472 e. The Hall–Kier alpha value is -2.85. The highest BCUT2D eigenvalue weighted by Gasteiger charge is 2.27. The van der Waals surface area contributed by atoms with E-state index in [0.29, 0.717) is 12.8 Å². The predicted octanol–water partition coefficient (Wildman–Crippen LogP) is 10.7. The van der Waals surface area contributed by atoms with E-state index < -0.39 is 51.8 Å². The summed E-state index contributed by atoms with van der Waals surface area (Å²) in [6, 6.07) is 0. The van der Waals surface area contributed by atoms with E-state index in [2.05, 4.69) is 103 Å². The Morgan fingerprint density at radius 3 is 1.53 bits per heavy atom. The van der Waals surface area contributed by atoms with Gasteiger partial charge in [-0.3, -0.25) is 18.6 Å². The average Bonchev–Trinajstić information content (AvgIpc) is 3.17. The normalized spacial score (nSPS) is 14.8. The molecule has 3 atom stereocenters. The molecule has 314 valence electrons. The first-order chi connectivity index (χ1) is 26.7. The van der Waals surface area contributed by atoms with E-state index in [9.17, 15) is 24.2 Å². The molecular weight excluding hydrogens is 719 g/mol. The lowest BCUT2D eigenvalue weighted by molar-refractivity contribution is -0.161. The molecule has 0 saturated heterocycles. The number of carbonyl (C=O) groups is 2. The number of hydrogen-bond donors (Lipinski definition) is 3. The molecule has 0 aromatic carbocycles. The molecule has 0 aliphatic heterocycles. The summed E-state index contributed by atoms with van der Waals surface area (Å²) in [6.07, 6.45) is 45.5. The lowest BCUT2D eigenvalue weighted by Crippen LogP contribution is -2.29. The fourth-order valence-electron chi connectivity index (χ4n) is 4.88. The number of phosphoric acid groups is 1. The van der Waals surface area contributed by atoms with Crippen LogP contribution >= 0.6 is 7.82 Å². The van der Waals surface area contributed by atoms with E-state index in [1.54, 1.807) is 0 Å². The summed E-state index contributed by atoms with van der Waals surface area (Å²) in [6.45, 7) is 2.11. The van der Waals surface area contributed by atoms with Crippen molar-refractivity contribution in [2.24, 2.45) is 0 Å². The number of phosphoric ester groups is 1. The summed E-state index contributed by atoms with van der Waals surface area (Å²) >= 11 is 0. The molecule has 55 heavy (non-hydrogen) atoms. The second-order valence-electron chi connectivity index (χ2n) is 13.3. The van der Waals surface area contributed by atoms with Crippen molar-refractivity contribution >= 4 is 19.8 Å². The highest BCUT2D eigenvalue weighted by Crippen LogP contribution is 2.43. The zero-order chi connectivity index (χ0) is 40.5. The van der Waals surface area contributed by atoms with Crippen LogP contribution in [0.15, 0.2) is 85.1 Å². The van der Waals surface area contributed by atoms with Crippen LogP contribution in [0.25, 0.3) is 0 Å². The molecule has 3 N–H and O–H groups in total. The van der Waals surface area contributed by atoms with Gasteiger partial charge in [0.25, 0.3) is 0 Å².